The van der Waals surface area contributed by atoms with Gasteiger partial charge < -0.3 is 4.42 Å². The number of aromatic nitrogens is 2. The Morgan fingerprint density at radius 2 is 2.25 bits per heavy atom. The van der Waals surface area contributed by atoms with Crippen LogP contribution in [0.15, 0.2) is 47.4 Å². The molecule has 0 spiro atoms. The lowest BCUT2D eigenvalue weighted by Gasteiger charge is -1.97. The van der Waals surface area contributed by atoms with Crippen LogP contribution in [-0.2, 0) is 0 Å². The van der Waals surface area contributed by atoms with E-state index in [1.54, 1.807) is 12.3 Å². The summed E-state index contributed by atoms with van der Waals surface area (Å²) in [5.74, 6) is -0.236. The Hall–Kier alpha value is -2.47. The van der Waals surface area contributed by atoms with Crippen molar-refractivity contribution >= 4 is 22.4 Å². The first-order chi connectivity index (χ1) is 9.74. The lowest BCUT2D eigenvalue weighted by atomic mass is 10.3. The molecule has 3 heterocycles. The quantitative estimate of drug-likeness (QED) is 0.801. The molecule has 1 N–H and O–H groups in total. The number of furan rings is 1. The van der Waals surface area contributed by atoms with Gasteiger partial charge in [0, 0.05) is 6.20 Å². The van der Waals surface area contributed by atoms with E-state index in [2.05, 4.69) is 15.3 Å². The van der Waals surface area contributed by atoms with Gasteiger partial charge in [0.2, 0.25) is 0 Å². The van der Waals surface area contributed by atoms with Crippen LogP contribution in [-0.4, -0.2) is 15.9 Å². The number of thiazole rings is 1. The summed E-state index contributed by atoms with van der Waals surface area (Å²) in [7, 11) is 0. The van der Waals surface area contributed by atoms with Crippen molar-refractivity contribution in [3.63, 3.8) is 0 Å². The maximum absolute atomic E-state index is 11.9. The van der Waals surface area contributed by atoms with E-state index >= 15 is 0 Å². The van der Waals surface area contributed by atoms with Gasteiger partial charge in [-0.1, -0.05) is 17.4 Å². The van der Waals surface area contributed by atoms with Gasteiger partial charge in [-0.25, -0.2) is 4.98 Å². The number of pyridine rings is 1. The Morgan fingerprint density at radius 1 is 1.35 bits per heavy atom. The smallest absolute Gasteiger partial charge is 0.260 e. The van der Waals surface area contributed by atoms with E-state index in [1.165, 1.54) is 23.9 Å². The van der Waals surface area contributed by atoms with Crippen LogP contribution in [0.2, 0.25) is 0 Å². The fourth-order valence-electron chi connectivity index (χ4n) is 1.75. The molecule has 100 valence electrons. The fourth-order valence-corrected chi connectivity index (χ4v) is 2.69. The topological polar surface area (TPSA) is 68.0 Å². The predicted octanol–water partition coefficient (Wildman–Crippen LogP) is 3.36. The summed E-state index contributed by atoms with van der Waals surface area (Å²) in [6, 6.07) is 7.31. The molecule has 0 aliphatic rings. The molecule has 0 radical (unpaired) electrons. The summed E-state index contributed by atoms with van der Waals surface area (Å²) in [5, 5.41) is 3.31. The number of nitrogens with zero attached hydrogens (tertiary/aromatic N) is 2. The van der Waals surface area contributed by atoms with Crippen LogP contribution in [0, 0.1) is 6.92 Å². The van der Waals surface area contributed by atoms with Gasteiger partial charge in [-0.15, -0.1) is 0 Å². The molecule has 1 amide bonds. The van der Waals surface area contributed by atoms with Gasteiger partial charge >= 0.3 is 0 Å². The van der Waals surface area contributed by atoms with E-state index in [9.17, 15) is 4.79 Å². The van der Waals surface area contributed by atoms with Crippen LogP contribution in [0.5, 0.6) is 0 Å². The van der Waals surface area contributed by atoms with E-state index in [1.807, 2.05) is 25.1 Å². The van der Waals surface area contributed by atoms with Crippen LogP contribution >= 0.6 is 11.3 Å². The molecule has 0 fully saturated rings. The SMILES string of the molecule is Cc1nc(NC(=O)c2ccoc2)sc1-c1ccccn1. The van der Waals surface area contributed by atoms with Gasteiger partial charge in [0.25, 0.3) is 5.91 Å². The molecule has 3 aromatic rings. The zero-order valence-electron chi connectivity index (χ0n) is 10.7. The monoisotopic (exact) mass is 285 g/mol. The van der Waals surface area contributed by atoms with Gasteiger partial charge in [0.05, 0.1) is 28.1 Å². The summed E-state index contributed by atoms with van der Waals surface area (Å²) in [4.78, 5) is 21.5. The summed E-state index contributed by atoms with van der Waals surface area (Å²) < 4.78 is 4.88. The second-order valence-corrected chi connectivity index (χ2v) is 5.11. The predicted molar refractivity (Wildman–Crippen MR) is 76.7 cm³/mol. The normalized spacial score (nSPS) is 10.4. The van der Waals surface area contributed by atoms with Crippen LogP contribution < -0.4 is 5.32 Å². The molecule has 0 saturated heterocycles. The fraction of sp³-hybridized carbons (Fsp3) is 0.0714. The number of anilines is 1. The first kappa shape index (κ1) is 12.6. The van der Waals surface area contributed by atoms with Crippen LogP contribution in [0.1, 0.15) is 16.1 Å². The van der Waals surface area contributed by atoms with E-state index in [0.717, 1.165) is 16.3 Å². The van der Waals surface area contributed by atoms with Crippen LogP contribution in [0.4, 0.5) is 5.13 Å². The van der Waals surface area contributed by atoms with Gasteiger partial charge in [0.15, 0.2) is 5.13 Å². The highest BCUT2D eigenvalue weighted by molar-refractivity contribution is 7.19. The third-order valence-corrected chi connectivity index (χ3v) is 3.79. The molecule has 0 saturated carbocycles. The van der Waals surface area contributed by atoms with Crippen molar-refractivity contribution in [1.29, 1.82) is 0 Å². The number of amides is 1. The minimum atomic E-state index is -0.236. The largest absolute Gasteiger partial charge is 0.472 e. The van der Waals surface area contributed by atoms with Crippen molar-refractivity contribution in [2.75, 3.05) is 5.32 Å². The van der Waals surface area contributed by atoms with E-state index in [0.29, 0.717) is 10.7 Å². The Balaban J connectivity index is 1.85. The molecule has 5 nitrogen and oxygen atoms in total. The number of aryl methyl sites for hydroxylation is 1. The number of carbonyl (C=O) groups excluding carboxylic acids is 1. The molecule has 0 aliphatic heterocycles. The maximum atomic E-state index is 11.9. The molecule has 0 bridgehead atoms. The Morgan fingerprint density at radius 3 is 2.95 bits per heavy atom. The highest BCUT2D eigenvalue weighted by atomic mass is 32.1. The summed E-state index contributed by atoms with van der Waals surface area (Å²) in [5.41, 5.74) is 2.17. The molecule has 0 aromatic carbocycles. The van der Waals surface area contributed by atoms with Crippen LogP contribution in [0.3, 0.4) is 0 Å². The minimum Gasteiger partial charge on any atom is -0.472 e. The minimum absolute atomic E-state index is 0.236. The first-order valence-corrected chi connectivity index (χ1v) is 6.78. The third-order valence-electron chi connectivity index (χ3n) is 2.70. The van der Waals surface area contributed by atoms with Crippen molar-refractivity contribution in [3.8, 4) is 10.6 Å². The van der Waals surface area contributed by atoms with Gasteiger partial charge in [-0.2, -0.15) is 0 Å². The number of hydrogen-bond donors (Lipinski definition) is 1. The number of carbonyl (C=O) groups is 1. The number of nitrogens with one attached hydrogen (secondary N) is 1. The van der Waals surface area contributed by atoms with Crippen molar-refractivity contribution in [2.24, 2.45) is 0 Å². The van der Waals surface area contributed by atoms with E-state index in [4.69, 9.17) is 4.42 Å². The van der Waals surface area contributed by atoms with Crippen molar-refractivity contribution in [3.05, 3.63) is 54.2 Å². The van der Waals surface area contributed by atoms with E-state index in [-0.39, 0.29) is 5.91 Å². The molecular formula is C14H11N3O2S. The zero-order valence-corrected chi connectivity index (χ0v) is 11.5. The second-order valence-electron chi connectivity index (χ2n) is 4.11. The van der Waals surface area contributed by atoms with Crippen LogP contribution in [0.25, 0.3) is 10.6 Å². The van der Waals surface area contributed by atoms with Gasteiger partial charge in [0.1, 0.15) is 6.26 Å². The van der Waals surface area contributed by atoms with E-state index < -0.39 is 0 Å². The number of rotatable bonds is 3. The molecule has 0 unspecified atom stereocenters. The standard InChI is InChI=1S/C14H11N3O2S/c1-9-12(11-4-2-3-6-15-11)20-14(16-9)17-13(18)10-5-7-19-8-10/h2-8H,1H3,(H,16,17,18). The summed E-state index contributed by atoms with van der Waals surface area (Å²) in [6.07, 6.45) is 4.59. The second kappa shape index (κ2) is 5.26. The van der Waals surface area contributed by atoms with Crippen molar-refractivity contribution in [2.45, 2.75) is 6.92 Å². The van der Waals surface area contributed by atoms with Gasteiger partial charge in [-0.05, 0) is 25.1 Å². The Bertz CT molecular complexity index is 720. The van der Waals surface area contributed by atoms with Crippen molar-refractivity contribution in [1.82, 2.24) is 9.97 Å². The zero-order chi connectivity index (χ0) is 13.9. The molecule has 6 heteroatoms. The molecule has 0 aliphatic carbocycles. The number of hydrogen-bond acceptors (Lipinski definition) is 5. The Labute approximate surface area is 119 Å². The third kappa shape index (κ3) is 2.46. The highest BCUT2D eigenvalue weighted by Gasteiger charge is 2.14. The van der Waals surface area contributed by atoms with Gasteiger partial charge in [-0.3, -0.25) is 15.1 Å². The molecule has 3 aromatic heterocycles. The molecular weight excluding hydrogens is 274 g/mol. The van der Waals surface area contributed by atoms with Crippen molar-refractivity contribution < 1.29 is 9.21 Å². The average Bonchev–Trinajstić information content (AvgIpc) is 3.09. The Kier molecular flexibility index (Phi) is 3.30. The first-order valence-electron chi connectivity index (χ1n) is 5.96. The molecule has 0 atom stereocenters. The summed E-state index contributed by atoms with van der Waals surface area (Å²) >= 11 is 1.40. The lowest BCUT2D eigenvalue weighted by molar-refractivity contribution is 0.102. The maximum Gasteiger partial charge on any atom is 0.260 e. The lowest BCUT2D eigenvalue weighted by Crippen LogP contribution is -2.10. The highest BCUT2D eigenvalue weighted by Crippen LogP contribution is 2.31. The molecule has 20 heavy (non-hydrogen) atoms. The molecule has 3 rings (SSSR count). The average molecular weight is 285 g/mol. The summed E-state index contributed by atoms with van der Waals surface area (Å²) in [6.45, 7) is 1.90.